The highest BCUT2D eigenvalue weighted by Gasteiger charge is 2.13. The van der Waals surface area contributed by atoms with Crippen LogP contribution in [0.5, 0.6) is 17.2 Å². The third-order valence-electron chi connectivity index (χ3n) is 3.06. The van der Waals surface area contributed by atoms with E-state index in [0.29, 0.717) is 30.3 Å². The lowest BCUT2D eigenvalue weighted by molar-refractivity contribution is 0.160. The first-order valence-electron chi connectivity index (χ1n) is 6.83. The fourth-order valence-electron chi connectivity index (χ4n) is 2.06. The zero-order valence-electron chi connectivity index (χ0n) is 12.7. The monoisotopic (exact) mass is 283 g/mol. The van der Waals surface area contributed by atoms with E-state index in [-0.39, 0.29) is 6.10 Å². The number of nitrogens with one attached hydrogen (secondary N) is 1. The predicted molar refractivity (Wildman–Crippen MR) is 78.7 cm³/mol. The Labute approximate surface area is 120 Å². The normalized spacial score (nSPS) is 12.1. The highest BCUT2D eigenvalue weighted by Crippen LogP contribution is 2.38. The van der Waals surface area contributed by atoms with Crippen molar-refractivity contribution in [3.05, 3.63) is 17.7 Å². The van der Waals surface area contributed by atoms with Crippen molar-refractivity contribution in [1.29, 1.82) is 0 Å². The lowest BCUT2D eigenvalue weighted by Crippen LogP contribution is -2.26. The van der Waals surface area contributed by atoms with Gasteiger partial charge in [-0.2, -0.15) is 0 Å². The zero-order chi connectivity index (χ0) is 15.0. The van der Waals surface area contributed by atoms with E-state index in [1.165, 1.54) is 0 Å². The summed E-state index contributed by atoms with van der Waals surface area (Å²) in [6.07, 6.45) is 1.48. The lowest BCUT2D eigenvalue weighted by Gasteiger charge is -2.15. The summed E-state index contributed by atoms with van der Waals surface area (Å²) in [6.45, 7) is 3.27. The molecule has 0 aliphatic heterocycles. The molecule has 1 aromatic rings. The molecule has 1 atom stereocenters. The van der Waals surface area contributed by atoms with E-state index in [1.807, 2.05) is 12.1 Å². The van der Waals surface area contributed by atoms with Crippen molar-refractivity contribution < 1.29 is 19.3 Å². The van der Waals surface area contributed by atoms with E-state index in [2.05, 4.69) is 12.2 Å². The largest absolute Gasteiger partial charge is 0.493 e. The van der Waals surface area contributed by atoms with Crippen LogP contribution < -0.4 is 19.5 Å². The maximum Gasteiger partial charge on any atom is 0.203 e. The molecule has 1 unspecified atom stereocenters. The Balaban J connectivity index is 2.71. The van der Waals surface area contributed by atoms with Crippen LogP contribution in [0.25, 0.3) is 0 Å². The van der Waals surface area contributed by atoms with E-state index in [9.17, 15) is 5.11 Å². The van der Waals surface area contributed by atoms with Gasteiger partial charge in [0.05, 0.1) is 27.4 Å². The van der Waals surface area contributed by atoms with Gasteiger partial charge in [-0.15, -0.1) is 0 Å². The summed E-state index contributed by atoms with van der Waals surface area (Å²) in [5.41, 5.74) is 1.02. The molecule has 0 radical (unpaired) electrons. The molecule has 0 bridgehead atoms. The van der Waals surface area contributed by atoms with E-state index in [1.54, 1.807) is 21.3 Å². The minimum atomic E-state index is -0.304. The molecule has 5 nitrogen and oxygen atoms in total. The van der Waals surface area contributed by atoms with E-state index < -0.39 is 0 Å². The van der Waals surface area contributed by atoms with Gasteiger partial charge in [-0.3, -0.25) is 0 Å². The van der Waals surface area contributed by atoms with Gasteiger partial charge in [-0.25, -0.2) is 0 Å². The van der Waals surface area contributed by atoms with Crippen molar-refractivity contribution in [2.75, 3.05) is 27.9 Å². The molecule has 1 rings (SSSR count). The molecule has 1 aromatic carbocycles. The molecule has 0 saturated carbocycles. The number of benzene rings is 1. The van der Waals surface area contributed by atoms with Gasteiger partial charge in [-0.1, -0.05) is 13.3 Å². The number of aliphatic hydroxyl groups is 1. The number of aliphatic hydroxyl groups excluding tert-OH is 1. The Bertz CT molecular complexity index is 384. The van der Waals surface area contributed by atoms with Crippen LogP contribution in [-0.4, -0.2) is 39.1 Å². The van der Waals surface area contributed by atoms with Crippen LogP contribution in [0.3, 0.4) is 0 Å². The Kier molecular flexibility index (Phi) is 7.18. The molecule has 114 valence electrons. The van der Waals surface area contributed by atoms with Gasteiger partial charge in [0.25, 0.3) is 0 Å². The first-order chi connectivity index (χ1) is 9.65. The van der Waals surface area contributed by atoms with Crippen molar-refractivity contribution in [3.8, 4) is 17.2 Å². The summed E-state index contributed by atoms with van der Waals surface area (Å²) in [7, 11) is 4.78. The lowest BCUT2D eigenvalue weighted by atomic mass is 10.1. The first-order valence-corrected chi connectivity index (χ1v) is 6.83. The van der Waals surface area contributed by atoms with Crippen LogP contribution in [0, 0.1) is 0 Å². The van der Waals surface area contributed by atoms with Crippen molar-refractivity contribution in [2.45, 2.75) is 32.4 Å². The van der Waals surface area contributed by atoms with Gasteiger partial charge >= 0.3 is 0 Å². The number of hydrogen-bond acceptors (Lipinski definition) is 5. The van der Waals surface area contributed by atoms with Gasteiger partial charge in [-0.05, 0) is 24.1 Å². The Hall–Kier alpha value is -1.46. The second-order valence-corrected chi connectivity index (χ2v) is 4.61. The summed E-state index contributed by atoms with van der Waals surface area (Å²) >= 11 is 0. The quantitative estimate of drug-likeness (QED) is 0.725. The molecule has 0 spiro atoms. The molecular weight excluding hydrogens is 258 g/mol. The van der Waals surface area contributed by atoms with Crippen molar-refractivity contribution in [3.63, 3.8) is 0 Å². The summed E-state index contributed by atoms with van der Waals surface area (Å²) < 4.78 is 15.9. The highest BCUT2D eigenvalue weighted by molar-refractivity contribution is 5.53. The molecule has 0 saturated heterocycles. The number of rotatable bonds is 9. The average molecular weight is 283 g/mol. The second-order valence-electron chi connectivity index (χ2n) is 4.61. The summed E-state index contributed by atoms with van der Waals surface area (Å²) in [5, 5.41) is 12.9. The highest BCUT2D eigenvalue weighted by atomic mass is 16.5. The minimum Gasteiger partial charge on any atom is -0.493 e. The Morgan fingerprint density at radius 1 is 1.10 bits per heavy atom. The molecule has 0 aliphatic carbocycles. The van der Waals surface area contributed by atoms with Gasteiger partial charge in [0.1, 0.15) is 0 Å². The predicted octanol–water partition coefficient (Wildman–Crippen LogP) is 1.96. The maximum atomic E-state index is 9.68. The van der Waals surface area contributed by atoms with Gasteiger partial charge in [0, 0.05) is 13.1 Å². The fraction of sp³-hybridized carbons (Fsp3) is 0.600. The summed E-state index contributed by atoms with van der Waals surface area (Å²) in [6, 6.07) is 3.81. The van der Waals surface area contributed by atoms with Gasteiger partial charge < -0.3 is 24.6 Å². The van der Waals surface area contributed by atoms with E-state index >= 15 is 0 Å². The Morgan fingerprint density at radius 3 is 2.15 bits per heavy atom. The minimum absolute atomic E-state index is 0.304. The zero-order valence-corrected chi connectivity index (χ0v) is 12.7. The fourth-order valence-corrected chi connectivity index (χ4v) is 2.06. The van der Waals surface area contributed by atoms with Crippen molar-refractivity contribution in [2.24, 2.45) is 0 Å². The van der Waals surface area contributed by atoms with Gasteiger partial charge in [0.2, 0.25) is 5.75 Å². The third-order valence-corrected chi connectivity index (χ3v) is 3.06. The Morgan fingerprint density at radius 2 is 1.70 bits per heavy atom. The standard InChI is InChI=1S/C15H25NO4/c1-5-6-12(17)10-16-9-11-7-13(18-2)15(20-4)14(8-11)19-3/h7-8,12,16-17H,5-6,9-10H2,1-4H3. The van der Waals surface area contributed by atoms with Crippen LogP contribution in [0.2, 0.25) is 0 Å². The van der Waals surface area contributed by atoms with Crippen LogP contribution in [0.4, 0.5) is 0 Å². The van der Waals surface area contributed by atoms with E-state index in [0.717, 1.165) is 18.4 Å². The molecule has 0 heterocycles. The molecule has 0 fully saturated rings. The number of methoxy groups -OCH3 is 3. The maximum absolute atomic E-state index is 9.68. The smallest absolute Gasteiger partial charge is 0.203 e. The third kappa shape index (κ3) is 4.58. The SMILES string of the molecule is CCCC(O)CNCc1cc(OC)c(OC)c(OC)c1. The van der Waals surface area contributed by atoms with Crippen LogP contribution >= 0.6 is 0 Å². The van der Waals surface area contributed by atoms with Crippen molar-refractivity contribution >= 4 is 0 Å². The van der Waals surface area contributed by atoms with E-state index in [4.69, 9.17) is 14.2 Å². The molecular formula is C15H25NO4. The summed E-state index contributed by atoms with van der Waals surface area (Å²) in [4.78, 5) is 0. The molecule has 0 aromatic heterocycles. The summed E-state index contributed by atoms with van der Waals surface area (Å²) in [5.74, 6) is 1.86. The number of ether oxygens (including phenoxy) is 3. The van der Waals surface area contributed by atoms with Crippen LogP contribution in [-0.2, 0) is 6.54 Å². The van der Waals surface area contributed by atoms with Gasteiger partial charge in [0.15, 0.2) is 11.5 Å². The first kappa shape index (κ1) is 16.6. The molecule has 5 heteroatoms. The molecule has 0 amide bonds. The second kappa shape index (κ2) is 8.66. The average Bonchev–Trinajstić information content (AvgIpc) is 2.46. The molecule has 20 heavy (non-hydrogen) atoms. The number of hydrogen-bond donors (Lipinski definition) is 2. The van der Waals surface area contributed by atoms with Crippen molar-refractivity contribution in [1.82, 2.24) is 5.32 Å². The van der Waals surface area contributed by atoms with Crippen LogP contribution in [0.15, 0.2) is 12.1 Å². The molecule has 0 aliphatic rings. The van der Waals surface area contributed by atoms with Crippen LogP contribution in [0.1, 0.15) is 25.3 Å². The molecule has 2 N–H and O–H groups in total. The topological polar surface area (TPSA) is 60.0 Å².